The summed E-state index contributed by atoms with van der Waals surface area (Å²) < 4.78 is 26.2. The summed E-state index contributed by atoms with van der Waals surface area (Å²) in [6.07, 6.45) is 4.74. The van der Waals surface area contributed by atoms with E-state index in [1.165, 1.54) is 18.2 Å². The maximum atomic E-state index is 13.4. The average molecular weight is 275 g/mol. The Morgan fingerprint density at radius 3 is 2.50 bits per heavy atom. The fraction of sp³-hybridized carbons (Fsp3) is 0.188. The van der Waals surface area contributed by atoms with Crippen LogP contribution in [0.5, 0.6) is 5.75 Å². The van der Waals surface area contributed by atoms with E-state index in [4.69, 9.17) is 0 Å². The summed E-state index contributed by atoms with van der Waals surface area (Å²) in [6, 6.07) is 4.95. The van der Waals surface area contributed by atoms with Crippen LogP contribution in [0.15, 0.2) is 30.5 Å². The lowest BCUT2D eigenvalue weighted by Crippen LogP contribution is -1.93. The first-order valence-corrected chi connectivity index (χ1v) is 6.29. The molecule has 104 valence electrons. The van der Waals surface area contributed by atoms with Crippen LogP contribution in [0.3, 0.4) is 0 Å². The van der Waals surface area contributed by atoms with E-state index in [2.05, 4.69) is 4.98 Å². The standard InChI is InChI=1S/C16H15F2NO/c1-10(2)16-15(20)7-11(9-19-16)3-4-12-5-6-13(17)8-14(12)18/h3-10,20H,1-2H3. The lowest BCUT2D eigenvalue weighted by molar-refractivity contribution is 0.460. The average Bonchev–Trinajstić information content (AvgIpc) is 2.37. The fourth-order valence-electron chi connectivity index (χ4n) is 1.84. The number of aromatic hydroxyl groups is 1. The van der Waals surface area contributed by atoms with Gasteiger partial charge in [0.2, 0.25) is 0 Å². The van der Waals surface area contributed by atoms with E-state index in [1.807, 2.05) is 13.8 Å². The first-order valence-electron chi connectivity index (χ1n) is 6.29. The third-order valence-corrected chi connectivity index (χ3v) is 2.88. The van der Waals surface area contributed by atoms with Crippen LogP contribution in [-0.4, -0.2) is 10.1 Å². The molecular weight excluding hydrogens is 260 g/mol. The second-order valence-corrected chi connectivity index (χ2v) is 4.83. The first kappa shape index (κ1) is 14.2. The van der Waals surface area contributed by atoms with Crippen LogP contribution in [0.2, 0.25) is 0 Å². The molecule has 0 radical (unpaired) electrons. The Balaban J connectivity index is 2.25. The lowest BCUT2D eigenvalue weighted by Gasteiger charge is -2.07. The Morgan fingerprint density at radius 2 is 1.90 bits per heavy atom. The lowest BCUT2D eigenvalue weighted by atomic mass is 10.1. The first-order chi connectivity index (χ1) is 9.47. The van der Waals surface area contributed by atoms with Crippen molar-refractivity contribution < 1.29 is 13.9 Å². The van der Waals surface area contributed by atoms with Crippen molar-refractivity contribution in [2.45, 2.75) is 19.8 Å². The van der Waals surface area contributed by atoms with Crippen molar-refractivity contribution in [2.24, 2.45) is 0 Å². The Bertz CT molecular complexity index is 651. The normalized spacial score (nSPS) is 11.4. The Morgan fingerprint density at radius 1 is 1.15 bits per heavy atom. The number of aromatic nitrogens is 1. The predicted molar refractivity (Wildman–Crippen MR) is 75.3 cm³/mol. The monoisotopic (exact) mass is 275 g/mol. The van der Waals surface area contributed by atoms with Gasteiger partial charge in [-0.25, -0.2) is 8.78 Å². The van der Waals surface area contributed by atoms with Crippen LogP contribution >= 0.6 is 0 Å². The van der Waals surface area contributed by atoms with Gasteiger partial charge in [-0.3, -0.25) is 4.98 Å². The largest absolute Gasteiger partial charge is 0.506 e. The Hall–Kier alpha value is -2.23. The zero-order chi connectivity index (χ0) is 14.7. The van der Waals surface area contributed by atoms with Gasteiger partial charge in [-0.2, -0.15) is 0 Å². The minimum Gasteiger partial charge on any atom is -0.506 e. The summed E-state index contributed by atoms with van der Waals surface area (Å²) in [5, 5.41) is 9.83. The molecule has 0 aliphatic heterocycles. The van der Waals surface area contributed by atoms with Gasteiger partial charge < -0.3 is 5.11 Å². The quantitative estimate of drug-likeness (QED) is 0.902. The van der Waals surface area contributed by atoms with E-state index in [0.717, 1.165) is 6.07 Å². The number of halogens is 2. The van der Waals surface area contributed by atoms with E-state index in [1.54, 1.807) is 18.3 Å². The molecule has 0 bridgehead atoms. The molecule has 2 nitrogen and oxygen atoms in total. The Labute approximate surface area is 116 Å². The number of nitrogens with zero attached hydrogens (tertiary/aromatic N) is 1. The highest BCUT2D eigenvalue weighted by atomic mass is 19.1. The van der Waals surface area contributed by atoms with Crippen molar-refractivity contribution in [3.8, 4) is 5.75 Å². The van der Waals surface area contributed by atoms with E-state index in [0.29, 0.717) is 11.3 Å². The molecule has 0 aliphatic carbocycles. The van der Waals surface area contributed by atoms with Crippen LogP contribution in [0, 0.1) is 11.6 Å². The van der Waals surface area contributed by atoms with Crippen molar-refractivity contribution in [1.29, 1.82) is 0 Å². The number of hydrogen-bond donors (Lipinski definition) is 1. The summed E-state index contributed by atoms with van der Waals surface area (Å²) in [4.78, 5) is 4.17. The summed E-state index contributed by atoms with van der Waals surface area (Å²) in [5.41, 5.74) is 1.55. The van der Waals surface area contributed by atoms with Gasteiger partial charge in [-0.1, -0.05) is 26.0 Å². The molecule has 0 spiro atoms. The van der Waals surface area contributed by atoms with Crippen molar-refractivity contribution in [3.05, 3.63) is 58.9 Å². The molecule has 1 aromatic carbocycles. The zero-order valence-electron chi connectivity index (χ0n) is 11.3. The van der Waals surface area contributed by atoms with E-state index >= 15 is 0 Å². The molecule has 0 saturated heterocycles. The third kappa shape index (κ3) is 3.20. The maximum Gasteiger partial charge on any atom is 0.137 e. The molecular formula is C16H15F2NO. The van der Waals surface area contributed by atoms with Gasteiger partial charge in [0.15, 0.2) is 0 Å². The molecule has 1 N–H and O–H groups in total. The zero-order valence-corrected chi connectivity index (χ0v) is 11.3. The topological polar surface area (TPSA) is 33.1 Å². The number of hydrogen-bond acceptors (Lipinski definition) is 2. The van der Waals surface area contributed by atoms with Gasteiger partial charge in [0.25, 0.3) is 0 Å². The van der Waals surface area contributed by atoms with Crippen molar-refractivity contribution >= 4 is 12.2 Å². The highest BCUT2D eigenvalue weighted by molar-refractivity contribution is 5.70. The van der Waals surface area contributed by atoms with Gasteiger partial charge in [0, 0.05) is 17.8 Å². The van der Waals surface area contributed by atoms with Crippen LogP contribution in [0.1, 0.15) is 36.6 Å². The van der Waals surface area contributed by atoms with Crippen molar-refractivity contribution in [2.75, 3.05) is 0 Å². The number of rotatable bonds is 3. The molecule has 0 atom stereocenters. The smallest absolute Gasteiger partial charge is 0.137 e. The molecule has 0 fully saturated rings. The van der Waals surface area contributed by atoms with Gasteiger partial charge in [0.1, 0.15) is 17.4 Å². The van der Waals surface area contributed by atoms with Crippen LogP contribution in [-0.2, 0) is 0 Å². The second kappa shape index (κ2) is 5.82. The molecule has 4 heteroatoms. The van der Waals surface area contributed by atoms with Gasteiger partial charge >= 0.3 is 0 Å². The molecule has 20 heavy (non-hydrogen) atoms. The summed E-state index contributed by atoms with van der Waals surface area (Å²) >= 11 is 0. The summed E-state index contributed by atoms with van der Waals surface area (Å²) in [5.74, 6) is -0.998. The number of benzene rings is 1. The maximum absolute atomic E-state index is 13.4. The van der Waals surface area contributed by atoms with Crippen molar-refractivity contribution in [3.63, 3.8) is 0 Å². The van der Waals surface area contributed by atoms with Crippen LogP contribution in [0.25, 0.3) is 12.2 Å². The highest BCUT2D eigenvalue weighted by Crippen LogP contribution is 2.24. The minimum atomic E-state index is -0.628. The highest BCUT2D eigenvalue weighted by Gasteiger charge is 2.07. The van der Waals surface area contributed by atoms with E-state index < -0.39 is 11.6 Å². The molecule has 2 rings (SSSR count). The Kier molecular flexibility index (Phi) is 4.13. The predicted octanol–water partition coefficient (Wildman–Crippen LogP) is 4.36. The number of pyridine rings is 1. The molecule has 1 heterocycles. The van der Waals surface area contributed by atoms with Gasteiger partial charge in [0.05, 0.1) is 5.69 Å². The summed E-state index contributed by atoms with van der Waals surface area (Å²) in [7, 11) is 0. The molecule has 1 aromatic heterocycles. The minimum absolute atomic E-state index is 0.113. The third-order valence-electron chi connectivity index (χ3n) is 2.88. The van der Waals surface area contributed by atoms with Crippen LogP contribution in [0.4, 0.5) is 8.78 Å². The molecule has 0 amide bonds. The molecule has 0 aliphatic rings. The molecule has 0 saturated carbocycles. The van der Waals surface area contributed by atoms with E-state index in [9.17, 15) is 13.9 Å². The molecule has 0 unspecified atom stereocenters. The summed E-state index contributed by atoms with van der Waals surface area (Å²) in [6.45, 7) is 3.87. The SMILES string of the molecule is CC(C)c1ncc(C=Cc2ccc(F)cc2F)cc1O. The molecule has 2 aromatic rings. The fourth-order valence-corrected chi connectivity index (χ4v) is 1.84. The van der Waals surface area contributed by atoms with E-state index in [-0.39, 0.29) is 17.2 Å². The van der Waals surface area contributed by atoms with Gasteiger partial charge in [-0.15, -0.1) is 0 Å². The van der Waals surface area contributed by atoms with Crippen molar-refractivity contribution in [1.82, 2.24) is 4.98 Å². The van der Waals surface area contributed by atoms with Gasteiger partial charge in [-0.05, 0) is 29.7 Å². The second-order valence-electron chi connectivity index (χ2n) is 4.83. The van der Waals surface area contributed by atoms with Crippen LogP contribution < -0.4 is 0 Å².